The summed E-state index contributed by atoms with van der Waals surface area (Å²) in [6, 6.07) is 0. The quantitative estimate of drug-likeness (QED) is 0.777. The molecule has 26 heavy (non-hydrogen) atoms. The Kier molecular flexibility index (Phi) is 5.70. The van der Waals surface area contributed by atoms with Crippen molar-refractivity contribution in [1.29, 1.82) is 0 Å². The number of nitrogens with zero attached hydrogens (tertiary/aromatic N) is 2. The largest absolute Gasteiger partial charge is 0.456 e. The van der Waals surface area contributed by atoms with Gasteiger partial charge in [-0.3, -0.25) is 9.59 Å². The van der Waals surface area contributed by atoms with E-state index in [-0.39, 0.29) is 25.0 Å². The van der Waals surface area contributed by atoms with Gasteiger partial charge in [-0.05, 0) is 32.3 Å². The van der Waals surface area contributed by atoms with Crippen molar-refractivity contribution >= 4 is 39.2 Å². The minimum absolute atomic E-state index is 0.0207. The van der Waals surface area contributed by atoms with E-state index in [1.165, 1.54) is 6.42 Å². The molecule has 0 saturated heterocycles. The Labute approximate surface area is 156 Å². The predicted octanol–water partition coefficient (Wildman–Crippen LogP) is 2.63. The van der Waals surface area contributed by atoms with Crippen LogP contribution in [-0.4, -0.2) is 28.4 Å². The molecule has 1 amide bonds. The zero-order chi connectivity index (χ0) is 18.7. The first kappa shape index (κ1) is 18.6. The number of carbonyl (C=O) groups is 2. The Morgan fingerprint density at radius 1 is 1.23 bits per heavy atom. The molecular weight excluding hydrogens is 352 g/mol. The van der Waals surface area contributed by atoms with Crippen LogP contribution in [0.3, 0.4) is 0 Å². The summed E-state index contributed by atoms with van der Waals surface area (Å²) in [4.78, 5) is 34.5. The van der Waals surface area contributed by atoms with E-state index in [0.717, 1.165) is 46.3 Å². The highest BCUT2D eigenvalue weighted by atomic mass is 32.1. The van der Waals surface area contributed by atoms with Crippen LogP contribution >= 0.6 is 11.3 Å². The summed E-state index contributed by atoms with van der Waals surface area (Å²) in [6.45, 7) is 3.80. The minimum atomic E-state index is -0.505. The van der Waals surface area contributed by atoms with Crippen molar-refractivity contribution in [1.82, 2.24) is 15.3 Å². The SMILES string of the molecule is Cc1sc2nc(COC(=O)CNC(=O)C3CCCCC3)nc(N)c2c1C. The molecule has 0 unspecified atom stereocenters. The lowest BCUT2D eigenvalue weighted by molar-refractivity contribution is -0.145. The van der Waals surface area contributed by atoms with Crippen molar-refractivity contribution in [2.24, 2.45) is 5.92 Å². The van der Waals surface area contributed by atoms with E-state index in [2.05, 4.69) is 15.3 Å². The first-order chi connectivity index (χ1) is 12.5. The van der Waals surface area contributed by atoms with Crippen LogP contribution in [0, 0.1) is 19.8 Å². The Hall–Kier alpha value is -2.22. The highest BCUT2D eigenvalue weighted by molar-refractivity contribution is 7.18. The maximum atomic E-state index is 12.0. The number of amides is 1. The van der Waals surface area contributed by atoms with Gasteiger partial charge in [-0.15, -0.1) is 11.3 Å². The van der Waals surface area contributed by atoms with Gasteiger partial charge in [-0.25, -0.2) is 9.97 Å². The summed E-state index contributed by atoms with van der Waals surface area (Å²) in [5.41, 5.74) is 7.10. The van der Waals surface area contributed by atoms with Crippen molar-refractivity contribution in [3.05, 3.63) is 16.3 Å². The second-order valence-corrected chi connectivity index (χ2v) is 7.91. The molecule has 3 N–H and O–H groups in total. The fourth-order valence-corrected chi connectivity index (χ4v) is 4.31. The number of carbonyl (C=O) groups excluding carboxylic acids is 2. The molecule has 1 fully saturated rings. The van der Waals surface area contributed by atoms with Gasteiger partial charge in [-0.1, -0.05) is 19.3 Å². The number of aromatic nitrogens is 2. The third-order valence-corrected chi connectivity index (χ3v) is 5.95. The molecule has 0 aromatic carbocycles. The number of nitrogens with two attached hydrogens (primary N) is 1. The molecule has 1 aliphatic rings. The van der Waals surface area contributed by atoms with Gasteiger partial charge in [0.15, 0.2) is 12.4 Å². The van der Waals surface area contributed by atoms with Gasteiger partial charge in [0.1, 0.15) is 17.2 Å². The van der Waals surface area contributed by atoms with Crippen LogP contribution in [0.15, 0.2) is 0 Å². The van der Waals surface area contributed by atoms with E-state index < -0.39 is 5.97 Å². The topological polar surface area (TPSA) is 107 Å². The van der Waals surface area contributed by atoms with Crippen molar-refractivity contribution in [3.63, 3.8) is 0 Å². The van der Waals surface area contributed by atoms with E-state index in [0.29, 0.717) is 11.6 Å². The maximum absolute atomic E-state index is 12.0. The molecule has 0 atom stereocenters. The molecule has 140 valence electrons. The number of fused-ring (bicyclic) bond motifs is 1. The smallest absolute Gasteiger partial charge is 0.325 e. The van der Waals surface area contributed by atoms with E-state index in [4.69, 9.17) is 10.5 Å². The lowest BCUT2D eigenvalue weighted by atomic mass is 9.89. The van der Waals surface area contributed by atoms with Crippen molar-refractivity contribution in [3.8, 4) is 0 Å². The molecule has 2 heterocycles. The van der Waals surface area contributed by atoms with Gasteiger partial charge in [0, 0.05) is 10.8 Å². The molecule has 2 aromatic heterocycles. The molecule has 3 rings (SSSR count). The summed E-state index contributed by atoms with van der Waals surface area (Å²) < 4.78 is 5.18. The first-order valence-corrected chi connectivity index (χ1v) is 9.72. The average molecular weight is 376 g/mol. The van der Waals surface area contributed by atoms with Crippen LogP contribution in [0.25, 0.3) is 10.2 Å². The third kappa shape index (κ3) is 4.12. The lowest BCUT2D eigenvalue weighted by Gasteiger charge is -2.20. The highest BCUT2D eigenvalue weighted by Gasteiger charge is 2.21. The number of anilines is 1. The van der Waals surface area contributed by atoms with Crippen LogP contribution in [-0.2, 0) is 20.9 Å². The summed E-state index contributed by atoms with van der Waals surface area (Å²) in [5.74, 6) is 0.215. The number of hydrogen-bond acceptors (Lipinski definition) is 7. The van der Waals surface area contributed by atoms with E-state index >= 15 is 0 Å². The van der Waals surface area contributed by atoms with Crippen LogP contribution in [0.4, 0.5) is 5.82 Å². The number of thiophene rings is 1. The lowest BCUT2D eigenvalue weighted by Crippen LogP contribution is -2.36. The number of ether oxygens (including phenoxy) is 1. The van der Waals surface area contributed by atoms with Gasteiger partial charge >= 0.3 is 5.97 Å². The fraction of sp³-hybridized carbons (Fsp3) is 0.556. The molecule has 7 nitrogen and oxygen atoms in total. The molecule has 0 radical (unpaired) electrons. The van der Waals surface area contributed by atoms with Crippen molar-refractivity contribution in [2.45, 2.75) is 52.6 Å². The van der Waals surface area contributed by atoms with Gasteiger partial charge in [0.2, 0.25) is 5.91 Å². The number of rotatable bonds is 5. The first-order valence-electron chi connectivity index (χ1n) is 8.91. The number of nitrogen functional groups attached to an aromatic ring is 1. The highest BCUT2D eigenvalue weighted by Crippen LogP contribution is 2.31. The second kappa shape index (κ2) is 7.99. The third-order valence-electron chi connectivity index (χ3n) is 4.85. The van der Waals surface area contributed by atoms with Gasteiger partial charge in [0.05, 0.1) is 5.39 Å². The summed E-state index contributed by atoms with van der Waals surface area (Å²) in [6.07, 6.45) is 5.13. The number of nitrogens with one attached hydrogen (secondary N) is 1. The van der Waals surface area contributed by atoms with Gasteiger partial charge in [0.25, 0.3) is 0 Å². The van der Waals surface area contributed by atoms with Crippen molar-refractivity contribution < 1.29 is 14.3 Å². The second-order valence-electron chi connectivity index (χ2n) is 6.70. The zero-order valence-electron chi connectivity index (χ0n) is 15.1. The predicted molar refractivity (Wildman–Crippen MR) is 101 cm³/mol. The molecular formula is C18H24N4O3S. The Morgan fingerprint density at radius 2 is 1.96 bits per heavy atom. The molecule has 0 aliphatic heterocycles. The summed E-state index contributed by atoms with van der Waals surface area (Å²) in [7, 11) is 0. The number of esters is 1. The summed E-state index contributed by atoms with van der Waals surface area (Å²) >= 11 is 1.54. The van der Waals surface area contributed by atoms with Crippen LogP contribution in [0.2, 0.25) is 0 Å². The Balaban J connectivity index is 1.52. The Morgan fingerprint density at radius 3 is 2.69 bits per heavy atom. The van der Waals surface area contributed by atoms with E-state index in [9.17, 15) is 9.59 Å². The van der Waals surface area contributed by atoms with Crippen LogP contribution in [0.5, 0.6) is 0 Å². The fourth-order valence-electron chi connectivity index (χ4n) is 3.26. The molecule has 0 bridgehead atoms. The monoisotopic (exact) mass is 376 g/mol. The zero-order valence-corrected chi connectivity index (χ0v) is 15.9. The molecule has 1 saturated carbocycles. The molecule has 0 spiro atoms. The molecule has 8 heteroatoms. The number of hydrogen-bond donors (Lipinski definition) is 2. The van der Waals surface area contributed by atoms with Gasteiger partial charge in [-0.2, -0.15) is 0 Å². The maximum Gasteiger partial charge on any atom is 0.325 e. The van der Waals surface area contributed by atoms with Crippen LogP contribution in [0.1, 0.15) is 48.4 Å². The molecule has 2 aromatic rings. The molecule has 1 aliphatic carbocycles. The average Bonchev–Trinajstić information content (AvgIpc) is 2.93. The standard InChI is InChI=1S/C18H24N4O3S/c1-10-11(2)26-18-15(10)16(19)21-13(22-18)9-25-14(23)8-20-17(24)12-6-4-3-5-7-12/h12H,3-9H2,1-2H3,(H,20,24)(H2,19,21,22). The minimum Gasteiger partial charge on any atom is -0.456 e. The van der Waals surface area contributed by atoms with E-state index in [1.54, 1.807) is 11.3 Å². The van der Waals surface area contributed by atoms with Gasteiger partial charge < -0.3 is 15.8 Å². The number of aryl methyl sites for hydroxylation is 2. The summed E-state index contributed by atoms with van der Waals surface area (Å²) in [5, 5.41) is 3.53. The Bertz CT molecular complexity index is 827. The van der Waals surface area contributed by atoms with E-state index in [1.807, 2.05) is 13.8 Å². The van der Waals surface area contributed by atoms with Crippen LogP contribution < -0.4 is 11.1 Å². The normalized spacial score (nSPS) is 15.2. The van der Waals surface area contributed by atoms with Crippen molar-refractivity contribution in [2.75, 3.05) is 12.3 Å².